The van der Waals surface area contributed by atoms with Crippen molar-refractivity contribution in [2.45, 2.75) is 19.3 Å². The van der Waals surface area contributed by atoms with Crippen LogP contribution in [0.15, 0.2) is 60.7 Å². The summed E-state index contributed by atoms with van der Waals surface area (Å²) < 4.78 is 13.6. The molecule has 1 N–H and O–H groups in total. The Morgan fingerprint density at radius 3 is 2.57 bits per heavy atom. The average Bonchev–Trinajstić information content (AvgIpc) is 2.90. The van der Waals surface area contributed by atoms with Crippen LogP contribution in [0.1, 0.15) is 24.8 Å². The van der Waals surface area contributed by atoms with Crippen LogP contribution in [-0.4, -0.2) is 16.9 Å². The molecule has 0 aromatic heterocycles. The molecule has 2 aliphatic rings. The third-order valence-corrected chi connectivity index (χ3v) is 6.74. The van der Waals surface area contributed by atoms with Crippen molar-refractivity contribution in [2.24, 2.45) is 11.3 Å². The van der Waals surface area contributed by atoms with Gasteiger partial charge in [0.25, 0.3) is 0 Å². The number of halogens is 3. The van der Waals surface area contributed by atoms with Crippen LogP contribution in [0.4, 0.5) is 10.1 Å². The van der Waals surface area contributed by atoms with Gasteiger partial charge in [-0.1, -0.05) is 48.0 Å². The lowest BCUT2D eigenvalue weighted by Gasteiger charge is -2.40. The topological polar surface area (TPSA) is 57.6 Å². The number of fused-ring (bicyclic) bond motifs is 1. The first-order valence-electron chi connectivity index (χ1n) is 9.34. The quantitative estimate of drug-likeness (QED) is 0.622. The molecule has 2 amide bonds. The normalized spacial score (nSPS) is 25.9. The number of anilines is 1. The van der Waals surface area contributed by atoms with Crippen molar-refractivity contribution < 1.29 is 19.1 Å². The molecule has 0 spiro atoms. The maximum atomic E-state index is 13.7. The Kier molecular flexibility index (Phi) is 4.99. The van der Waals surface area contributed by atoms with E-state index in [1.807, 2.05) is 6.08 Å². The van der Waals surface area contributed by atoms with Crippen molar-refractivity contribution in [2.75, 3.05) is 4.90 Å². The summed E-state index contributed by atoms with van der Waals surface area (Å²) in [5.41, 5.74) is 0.480. The van der Waals surface area contributed by atoms with Crippen LogP contribution in [-0.2, 0) is 9.59 Å². The molecule has 4 rings (SSSR count). The van der Waals surface area contributed by atoms with Gasteiger partial charge >= 0.3 is 0 Å². The van der Waals surface area contributed by atoms with Gasteiger partial charge in [-0.2, -0.15) is 0 Å². The SMILES string of the molecule is C=CC1=CC[C@H]2C(=O)N(c3ccc(F)c(Cl)c3)C(=O)[C@@]2(C)[C@H]1c1ccc(O)cc1Cl. The fourth-order valence-electron chi connectivity index (χ4n) is 4.61. The van der Waals surface area contributed by atoms with Crippen LogP contribution >= 0.6 is 23.2 Å². The molecule has 1 saturated heterocycles. The zero-order valence-electron chi connectivity index (χ0n) is 16.0. The molecule has 0 unspecified atom stereocenters. The van der Waals surface area contributed by atoms with E-state index in [1.165, 1.54) is 24.3 Å². The standard InChI is InChI=1S/C23H18Cl2FNO3/c1-3-12-4-8-16-21(29)27(13-5-9-19(26)18(25)10-13)22(30)23(16,2)20(12)15-7-6-14(28)11-17(15)24/h3-7,9-11,16,20,28H,1,8H2,2H3/t16-,20+,23+/m0/s1. The zero-order valence-corrected chi connectivity index (χ0v) is 17.5. The van der Waals surface area contributed by atoms with Gasteiger partial charge in [0.15, 0.2) is 0 Å². The fourth-order valence-corrected chi connectivity index (χ4v) is 5.07. The van der Waals surface area contributed by atoms with E-state index in [9.17, 15) is 19.1 Å². The van der Waals surface area contributed by atoms with Gasteiger partial charge in [-0.25, -0.2) is 9.29 Å². The first-order valence-corrected chi connectivity index (χ1v) is 10.1. The van der Waals surface area contributed by atoms with Crippen molar-refractivity contribution in [3.63, 3.8) is 0 Å². The molecule has 0 bridgehead atoms. The minimum Gasteiger partial charge on any atom is -0.508 e. The van der Waals surface area contributed by atoms with E-state index < -0.39 is 29.0 Å². The van der Waals surface area contributed by atoms with E-state index in [-0.39, 0.29) is 27.4 Å². The molecule has 0 radical (unpaired) electrons. The number of phenolic OH excluding ortho intramolecular Hbond substituents is 1. The summed E-state index contributed by atoms with van der Waals surface area (Å²) in [6.45, 7) is 5.61. The van der Waals surface area contributed by atoms with Crippen molar-refractivity contribution >= 4 is 40.7 Å². The second-order valence-corrected chi connectivity index (χ2v) is 8.51. The molecule has 1 fully saturated rings. The monoisotopic (exact) mass is 445 g/mol. The summed E-state index contributed by atoms with van der Waals surface area (Å²) in [6.07, 6.45) is 3.91. The number of phenols is 1. The summed E-state index contributed by atoms with van der Waals surface area (Å²) in [6, 6.07) is 8.32. The van der Waals surface area contributed by atoms with E-state index in [4.69, 9.17) is 23.2 Å². The summed E-state index contributed by atoms with van der Waals surface area (Å²) in [4.78, 5) is 28.1. The maximum absolute atomic E-state index is 13.7. The molecular weight excluding hydrogens is 428 g/mol. The van der Waals surface area contributed by atoms with Gasteiger partial charge in [-0.05, 0) is 54.8 Å². The molecule has 1 aliphatic carbocycles. The third kappa shape index (κ3) is 2.88. The van der Waals surface area contributed by atoms with Crippen molar-refractivity contribution in [3.8, 4) is 5.75 Å². The van der Waals surface area contributed by atoms with E-state index in [0.29, 0.717) is 12.0 Å². The van der Waals surface area contributed by atoms with E-state index in [1.54, 1.807) is 19.1 Å². The smallest absolute Gasteiger partial charge is 0.241 e. The number of rotatable bonds is 3. The van der Waals surface area contributed by atoms with Crippen LogP contribution in [0.2, 0.25) is 10.0 Å². The van der Waals surface area contributed by atoms with Crippen molar-refractivity contribution in [1.29, 1.82) is 0 Å². The zero-order chi connectivity index (χ0) is 21.8. The highest BCUT2D eigenvalue weighted by Crippen LogP contribution is 2.57. The van der Waals surface area contributed by atoms with Crippen LogP contribution in [0.3, 0.4) is 0 Å². The number of hydrogen-bond acceptors (Lipinski definition) is 3. The van der Waals surface area contributed by atoms with E-state index in [0.717, 1.165) is 16.5 Å². The Morgan fingerprint density at radius 2 is 1.93 bits per heavy atom. The molecule has 7 heteroatoms. The number of aromatic hydroxyl groups is 1. The summed E-state index contributed by atoms with van der Waals surface area (Å²) in [5.74, 6) is -2.59. The molecule has 1 aliphatic heterocycles. The molecule has 154 valence electrons. The van der Waals surface area contributed by atoms with Gasteiger partial charge in [-0.3, -0.25) is 9.59 Å². The second-order valence-electron chi connectivity index (χ2n) is 7.70. The minimum atomic E-state index is -1.14. The molecule has 2 aromatic carbocycles. The Bertz CT molecular complexity index is 1130. The first-order chi connectivity index (χ1) is 14.2. The van der Waals surface area contributed by atoms with Gasteiger partial charge in [0.05, 0.1) is 22.0 Å². The molecular formula is C23H18Cl2FNO3. The van der Waals surface area contributed by atoms with Gasteiger partial charge in [0.1, 0.15) is 11.6 Å². The Labute approximate surface area is 183 Å². The lowest BCUT2D eigenvalue weighted by atomic mass is 9.60. The van der Waals surface area contributed by atoms with E-state index in [2.05, 4.69) is 6.58 Å². The second kappa shape index (κ2) is 7.25. The Morgan fingerprint density at radius 1 is 1.20 bits per heavy atom. The number of imide groups is 1. The largest absolute Gasteiger partial charge is 0.508 e. The molecule has 4 nitrogen and oxygen atoms in total. The van der Waals surface area contributed by atoms with Gasteiger partial charge in [0, 0.05) is 10.9 Å². The van der Waals surface area contributed by atoms with Crippen LogP contribution in [0, 0.1) is 17.2 Å². The van der Waals surface area contributed by atoms with Crippen LogP contribution in [0.5, 0.6) is 5.75 Å². The van der Waals surface area contributed by atoms with Crippen LogP contribution < -0.4 is 4.90 Å². The van der Waals surface area contributed by atoms with E-state index >= 15 is 0 Å². The lowest BCUT2D eigenvalue weighted by Crippen LogP contribution is -2.41. The molecule has 2 aromatic rings. The lowest BCUT2D eigenvalue weighted by molar-refractivity contribution is -0.127. The number of carbonyl (C=O) groups is 2. The highest BCUT2D eigenvalue weighted by molar-refractivity contribution is 6.32. The number of allylic oxidation sites excluding steroid dienone is 3. The number of benzene rings is 2. The number of hydrogen-bond donors (Lipinski definition) is 1. The number of amides is 2. The van der Waals surface area contributed by atoms with Gasteiger partial charge in [-0.15, -0.1) is 0 Å². The van der Waals surface area contributed by atoms with Crippen LogP contribution in [0.25, 0.3) is 0 Å². The Balaban J connectivity index is 1.88. The number of nitrogens with zero attached hydrogens (tertiary/aromatic N) is 1. The predicted octanol–water partition coefficient (Wildman–Crippen LogP) is 5.63. The number of carbonyl (C=O) groups excluding carboxylic acids is 2. The molecule has 0 saturated carbocycles. The first kappa shape index (κ1) is 20.6. The highest BCUT2D eigenvalue weighted by atomic mass is 35.5. The summed E-state index contributed by atoms with van der Waals surface area (Å²) >= 11 is 12.3. The van der Waals surface area contributed by atoms with Gasteiger partial charge in [0.2, 0.25) is 11.8 Å². The molecule has 3 atom stereocenters. The van der Waals surface area contributed by atoms with Gasteiger partial charge < -0.3 is 5.11 Å². The van der Waals surface area contributed by atoms with Crippen molar-refractivity contribution in [3.05, 3.63) is 82.1 Å². The predicted molar refractivity (Wildman–Crippen MR) is 114 cm³/mol. The molecule has 1 heterocycles. The van der Waals surface area contributed by atoms with Crippen molar-refractivity contribution in [1.82, 2.24) is 0 Å². The average molecular weight is 446 g/mol. The maximum Gasteiger partial charge on any atom is 0.241 e. The fraction of sp³-hybridized carbons (Fsp3) is 0.217. The third-order valence-electron chi connectivity index (χ3n) is 6.12. The summed E-state index contributed by atoms with van der Waals surface area (Å²) in [7, 11) is 0. The Hall–Kier alpha value is -2.63. The summed E-state index contributed by atoms with van der Waals surface area (Å²) in [5, 5.41) is 9.87. The molecule has 30 heavy (non-hydrogen) atoms. The minimum absolute atomic E-state index is 0.00167. The highest BCUT2D eigenvalue weighted by Gasteiger charge is 2.62.